The predicted molar refractivity (Wildman–Crippen MR) is 107 cm³/mol. The second-order valence-electron chi connectivity index (χ2n) is 6.31. The first kappa shape index (κ1) is 19.7. The zero-order valence-electron chi connectivity index (χ0n) is 15.7. The summed E-state index contributed by atoms with van der Waals surface area (Å²) in [4.78, 5) is 18.1. The molecule has 0 saturated carbocycles. The number of rotatable bonds is 7. The number of halogens is 1. The third-order valence-corrected chi connectivity index (χ3v) is 4.26. The van der Waals surface area contributed by atoms with Crippen LogP contribution in [0.4, 0.5) is 10.5 Å². The van der Waals surface area contributed by atoms with Gasteiger partial charge in [0.1, 0.15) is 5.75 Å². The molecule has 2 aromatic carbocycles. The number of anilines is 1. The molecule has 0 atom stereocenters. The van der Waals surface area contributed by atoms with E-state index in [2.05, 4.69) is 15.5 Å². The third kappa shape index (κ3) is 5.72. The molecule has 3 aromatic rings. The number of aryl methyl sites for hydroxylation is 1. The Morgan fingerprint density at radius 1 is 1.18 bits per heavy atom. The van der Waals surface area contributed by atoms with Crippen molar-refractivity contribution in [1.29, 1.82) is 0 Å². The van der Waals surface area contributed by atoms with Crippen LogP contribution < -0.4 is 10.1 Å². The van der Waals surface area contributed by atoms with Gasteiger partial charge in [0.05, 0.1) is 0 Å². The molecule has 146 valence electrons. The van der Waals surface area contributed by atoms with E-state index in [-0.39, 0.29) is 12.6 Å². The first-order valence-electron chi connectivity index (χ1n) is 8.78. The van der Waals surface area contributed by atoms with E-state index in [1.165, 1.54) is 0 Å². The van der Waals surface area contributed by atoms with Gasteiger partial charge in [-0.15, -0.1) is 0 Å². The average molecular weight is 401 g/mol. The van der Waals surface area contributed by atoms with Gasteiger partial charge in [0, 0.05) is 30.7 Å². The van der Waals surface area contributed by atoms with E-state index in [0.29, 0.717) is 35.5 Å². The zero-order valence-corrected chi connectivity index (χ0v) is 16.4. The van der Waals surface area contributed by atoms with Crippen LogP contribution in [-0.2, 0) is 13.0 Å². The summed E-state index contributed by atoms with van der Waals surface area (Å²) in [6.45, 7) is 2.62. The molecule has 2 amide bonds. The fourth-order valence-corrected chi connectivity index (χ4v) is 2.48. The molecule has 1 N–H and O–H groups in total. The largest absolute Gasteiger partial charge is 0.484 e. The Hall–Kier alpha value is -3.06. The molecule has 0 fully saturated rings. The minimum atomic E-state index is -0.196. The number of benzene rings is 2. The third-order valence-electron chi connectivity index (χ3n) is 4.01. The lowest BCUT2D eigenvalue weighted by Crippen LogP contribution is -2.33. The van der Waals surface area contributed by atoms with E-state index >= 15 is 0 Å². The minimum Gasteiger partial charge on any atom is -0.484 e. The van der Waals surface area contributed by atoms with Crippen molar-refractivity contribution in [3.8, 4) is 5.75 Å². The summed E-state index contributed by atoms with van der Waals surface area (Å²) in [5, 5.41) is 7.41. The predicted octanol–water partition coefficient (Wildman–Crippen LogP) is 4.32. The lowest BCUT2D eigenvalue weighted by atomic mass is 10.2. The Balaban J connectivity index is 1.44. The summed E-state index contributed by atoms with van der Waals surface area (Å²) in [6.07, 6.45) is 0.474. The van der Waals surface area contributed by atoms with Gasteiger partial charge >= 0.3 is 6.03 Å². The number of urea groups is 1. The van der Waals surface area contributed by atoms with Gasteiger partial charge in [-0.05, 0) is 43.3 Å². The first-order valence-corrected chi connectivity index (χ1v) is 9.16. The molecule has 1 heterocycles. The lowest BCUT2D eigenvalue weighted by molar-refractivity contribution is 0.222. The van der Waals surface area contributed by atoms with Gasteiger partial charge < -0.3 is 19.5 Å². The SMILES string of the molecule is Cc1ccc(NC(=O)N(C)CCc2noc(COc3ccc(Cl)cc3)n2)cc1. The monoisotopic (exact) mass is 400 g/mol. The summed E-state index contributed by atoms with van der Waals surface area (Å²) >= 11 is 5.84. The van der Waals surface area contributed by atoms with Crippen molar-refractivity contribution in [1.82, 2.24) is 15.0 Å². The number of hydrogen-bond acceptors (Lipinski definition) is 5. The molecule has 0 aliphatic rings. The summed E-state index contributed by atoms with van der Waals surface area (Å²) in [7, 11) is 1.72. The number of nitrogens with one attached hydrogen (secondary N) is 1. The Bertz CT molecular complexity index is 910. The van der Waals surface area contributed by atoms with E-state index in [9.17, 15) is 4.79 Å². The van der Waals surface area contributed by atoms with Crippen LogP contribution in [0.1, 0.15) is 17.3 Å². The minimum absolute atomic E-state index is 0.165. The Labute approximate surface area is 168 Å². The number of hydrogen-bond donors (Lipinski definition) is 1. The van der Waals surface area contributed by atoms with E-state index in [1.54, 1.807) is 36.2 Å². The number of ether oxygens (including phenoxy) is 1. The lowest BCUT2D eigenvalue weighted by Gasteiger charge is -2.17. The van der Waals surface area contributed by atoms with Gasteiger partial charge in [-0.1, -0.05) is 34.5 Å². The molecule has 0 spiro atoms. The van der Waals surface area contributed by atoms with Crippen molar-refractivity contribution >= 4 is 23.3 Å². The summed E-state index contributed by atoms with van der Waals surface area (Å²) in [5.74, 6) is 1.55. The Morgan fingerprint density at radius 2 is 1.89 bits per heavy atom. The quantitative estimate of drug-likeness (QED) is 0.638. The number of amides is 2. The van der Waals surface area contributed by atoms with Crippen molar-refractivity contribution in [3.05, 3.63) is 70.8 Å². The fraction of sp³-hybridized carbons (Fsp3) is 0.250. The second-order valence-corrected chi connectivity index (χ2v) is 6.75. The van der Waals surface area contributed by atoms with Crippen molar-refractivity contribution in [2.45, 2.75) is 20.0 Å². The molecule has 3 rings (SSSR count). The molecule has 0 saturated heterocycles. The Kier molecular flexibility index (Phi) is 6.49. The van der Waals surface area contributed by atoms with Crippen molar-refractivity contribution in [2.75, 3.05) is 18.9 Å². The van der Waals surface area contributed by atoms with Crippen LogP contribution in [0.2, 0.25) is 5.02 Å². The maximum atomic E-state index is 12.2. The van der Waals surface area contributed by atoms with Gasteiger partial charge in [0.2, 0.25) is 0 Å². The molecular weight excluding hydrogens is 380 g/mol. The highest BCUT2D eigenvalue weighted by Gasteiger charge is 2.12. The van der Waals surface area contributed by atoms with E-state index in [4.69, 9.17) is 20.9 Å². The van der Waals surface area contributed by atoms with Gasteiger partial charge in [-0.25, -0.2) is 4.79 Å². The number of carbonyl (C=O) groups excluding carboxylic acids is 1. The molecule has 0 aliphatic carbocycles. The summed E-state index contributed by atoms with van der Waals surface area (Å²) in [6, 6.07) is 14.5. The molecule has 1 aromatic heterocycles. The number of carbonyl (C=O) groups is 1. The topological polar surface area (TPSA) is 80.5 Å². The molecule has 0 aliphatic heterocycles. The molecular formula is C20H21ClN4O3. The van der Waals surface area contributed by atoms with Crippen LogP contribution in [-0.4, -0.2) is 34.7 Å². The highest BCUT2D eigenvalue weighted by molar-refractivity contribution is 6.30. The van der Waals surface area contributed by atoms with Crippen LogP contribution in [0.5, 0.6) is 5.75 Å². The Morgan fingerprint density at radius 3 is 2.61 bits per heavy atom. The smallest absolute Gasteiger partial charge is 0.321 e. The number of likely N-dealkylation sites (N-methyl/N-ethyl adjacent to an activating group) is 1. The van der Waals surface area contributed by atoms with Crippen molar-refractivity contribution < 1.29 is 14.1 Å². The summed E-state index contributed by atoms with van der Waals surface area (Å²) in [5.41, 5.74) is 1.89. The first-order chi connectivity index (χ1) is 13.5. The standard InChI is InChI=1S/C20H21ClN4O3/c1-14-3-7-16(8-4-14)22-20(26)25(2)12-11-18-23-19(28-24-18)13-27-17-9-5-15(21)6-10-17/h3-10H,11-13H2,1-2H3,(H,22,26). The number of aromatic nitrogens is 2. The van der Waals surface area contributed by atoms with E-state index in [1.807, 2.05) is 31.2 Å². The molecule has 0 radical (unpaired) electrons. The van der Waals surface area contributed by atoms with Gasteiger partial charge in [0.15, 0.2) is 12.4 Å². The highest BCUT2D eigenvalue weighted by atomic mass is 35.5. The molecule has 0 unspecified atom stereocenters. The van der Waals surface area contributed by atoms with Crippen molar-refractivity contribution in [3.63, 3.8) is 0 Å². The number of nitrogens with zero attached hydrogens (tertiary/aromatic N) is 3. The van der Waals surface area contributed by atoms with Crippen LogP contribution in [0.3, 0.4) is 0 Å². The van der Waals surface area contributed by atoms with Crippen molar-refractivity contribution in [2.24, 2.45) is 0 Å². The van der Waals surface area contributed by atoms with Crippen LogP contribution in [0.25, 0.3) is 0 Å². The van der Waals surface area contributed by atoms with Crippen LogP contribution in [0.15, 0.2) is 53.1 Å². The highest BCUT2D eigenvalue weighted by Crippen LogP contribution is 2.16. The van der Waals surface area contributed by atoms with E-state index < -0.39 is 0 Å². The van der Waals surface area contributed by atoms with Gasteiger partial charge in [-0.3, -0.25) is 0 Å². The maximum Gasteiger partial charge on any atom is 0.321 e. The van der Waals surface area contributed by atoms with Gasteiger partial charge in [0.25, 0.3) is 5.89 Å². The molecule has 28 heavy (non-hydrogen) atoms. The zero-order chi connectivity index (χ0) is 19.9. The average Bonchev–Trinajstić information content (AvgIpc) is 3.15. The van der Waals surface area contributed by atoms with Gasteiger partial charge in [-0.2, -0.15) is 4.98 Å². The normalized spacial score (nSPS) is 10.5. The summed E-state index contributed by atoms with van der Waals surface area (Å²) < 4.78 is 10.7. The fourth-order valence-electron chi connectivity index (χ4n) is 2.35. The van der Waals surface area contributed by atoms with E-state index in [0.717, 1.165) is 11.3 Å². The van der Waals surface area contributed by atoms with Crippen LogP contribution in [0, 0.1) is 6.92 Å². The molecule has 8 heteroatoms. The maximum absolute atomic E-state index is 12.2. The second kappa shape index (κ2) is 9.23. The van der Waals surface area contributed by atoms with Crippen LogP contribution >= 0.6 is 11.6 Å². The molecule has 0 bridgehead atoms. The molecule has 7 nitrogen and oxygen atoms in total.